The molecule has 17 nitrogen and oxygen atoms in total. The largest absolute Gasteiger partial charge is 0.497 e. The zero-order valence-corrected chi connectivity index (χ0v) is 34.2. The number of amides is 1. The fraction of sp³-hybridized carbons (Fsp3) is 0.561. The number of ether oxygens (including phenoxy) is 5. The molecule has 0 spiro atoms. The number of benzene rings is 2. The van der Waals surface area contributed by atoms with E-state index in [2.05, 4.69) is 16.0 Å². The lowest BCUT2D eigenvalue weighted by atomic mass is 9.99. The quantitative estimate of drug-likeness (QED) is 0.0543. The van der Waals surface area contributed by atoms with Crippen molar-refractivity contribution in [1.82, 2.24) is 25.1 Å². The lowest BCUT2D eigenvalue weighted by Gasteiger charge is -2.31. The number of methoxy groups -OCH3 is 2. The van der Waals surface area contributed by atoms with E-state index in [1.807, 2.05) is 44.2 Å². The zero-order valence-electron chi connectivity index (χ0n) is 34.2. The smallest absolute Gasteiger partial charge is 0.407 e. The number of esters is 1. The van der Waals surface area contributed by atoms with Crippen molar-refractivity contribution < 1.29 is 48.6 Å². The van der Waals surface area contributed by atoms with E-state index in [-0.39, 0.29) is 25.6 Å². The van der Waals surface area contributed by atoms with Gasteiger partial charge in [0.1, 0.15) is 54.6 Å². The minimum Gasteiger partial charge on any atom is -0.497 e. The Morgan fingerprint density at radius 2 is 1.59 bits per heavy atom. The lowest BCUT2D eigenvalue weighted by Crippen LogP contribution is -2.56. The number of nitrogens with one attached hydrogen (secondary N) is 3. The molecule has 0 saturated carbocycles. The van der Waals surface area contributed by atoms with Crippen molar-refractivity contribution in [2.24, 2.45) is 5.92 Å². The molecule has 2 unspecified atom stereocenters. The third kappa shape index (κ3) is 12.9. The number of aliphatic hydroxyl groups excluding tert-OH is 3. The van der Waals surface area contributed by atoms with Gasteiger partial charge in [0.05, 0.1) is 19.7 Å². The van der Waals surface area contributed by atoms with Crippen LogP contribution in [0.25, 0.3) is 0 Å². The monoisotopic (exact) mass is 813 g/mol. The first-order valence-electron chi connectivity index (χ1n) is 19.4. The van der Waals surface area contributed by atoms with Gasteiger partial charge in [-0.25, -0.2) is 9.59 Å². The summed E-state index contributed by atoms with van der Waals surface area (Å²) in [6.07, 6.45) is -7.33. The number of hydrogen-bond acceptors (Lipinski definition) is 14. The summed E-state index contributed by atoms with van der Waals surface area (Å²) in [6, 6.07) is 15.4. The number of nitrogens with zero attached hydrogens (tertiary/aromatic N) is 2. The Bertz CT molecular complexity index is 1860. The Kier molecular flexibility index (Phi) is 17.0. The summed E-state index contributed by atoms with van der Waals surface area (Å²) in [5.41, 5.74) is -0.882. The van der Waals surface area contributed by atoms with Gasteiger partial charge >= 0.3 is 17.8 Å². The molecule has 8 atom stereocenters. The van der Waals surface area contributed by atoms with E-state index in [1.165, 1.54) is 14.2 Å². The average Bonchev–Trinajstić information content (AvgIpc) is 3.47. The van der Waals surface area contributed by atoms with Crippen LogP contribution < -0.4 is 31.9 Å². The van der Waals surface area contributed by atoms with Crippen LogP contribution >= 0.6 is 0 Å². The summed E-state index contributed by atoms with van der Waals surface area (Å²) >= 11 is 0. The van der Waals surface area contributed by atoms with Crippen molar-refractivity contribution in [3.8, 4) is 5.75 Å². The molecular weight excluding hydrogens is 754 g/mol. The first kappa shape index (κ1) is 46.1. The molecule has 1 aromatic heterocycles. The standard InChI is InChI=1S/C41H59N5O12/c1-25(2)22-29(44-39(52)56-24-27-12-9-8-10-13-27)36(55-7)43-20-11-19-42-31(38(51)58-41(3,4)5)32(48)35-33(49)34(50)37(57-35)45-21-18-30(47)46(40(45)53)23-26-14-16-28(54-6)17-15-26/h8-10,12-18,21,25,29,31-37,42-43,48-50H,11,19-20,22-24H2,1-7H3,(H,44,52)/t29-,31-,32+,33-,34+,35?,36?,37+/m0/s1. The SMILES string of the molecule is COc1ccc(Cn2c(=O)ccn([C@@H]3OC([C@H](O)[C@H](NCCCNC(OC)[C@H](CC(C)C)NC(=O)OCc4ccccc4)C(=O)OC(C)(C)C)[C@@H](O)[C@H]3O)c2=O)cc1. The molecule has 1 fully saturated rings. The molecule has 1 amide bonds. The van der Waals surface area contributed by atoms with Gasteiger partial charge in [0.15, 0.2) is 6.23 Å². The van der Waals surface area contributed by atoms with Crippen LogP contribution in [0.3, 0.4) is 0 Å². The maximum Gasteiger partial charge on any atom is 0.407 e. The number of alkyl carbamates (subject to hydrolysis) is 1. The van der Waals surface area contributed by atoms with Gasteiger partial charge < -0.3 is 49.6 Å². The molecule has 0 aliphatic carbocycles. The first-order chi connectivity index (χ1) is 27.5. The van der Waals surface area contributed by atoms with Crippen molar-refractivity contribution in [3.05, 3.63) is 98.8 Å². The molecular formula is C41H59N5O12. The number of aromatic nitrogens is 2. The van der Waals surface area contributed by atoms with Crippen LogP contribution in [0.5, 0.6) is 5.75 Å². The zero-order chi connectivity index (χ0) is 42.6. The summed E-state index contributed by atoms with van der Waals surface area (Å²) in [6.45, 7) is 9.57. The van der Waals surface area contributed by atoms with Crippen LogP contribution in [-0.4, -0.2) is 112 Å². The molecule has 4 rings (SSSR count). The molecule has 3 aromatic rings. The van der Waals surface area contributed by atoms with Gasteiger partial charge in [-0.3, -0.25) is 24.0 Å². The van der Waals surface area contributed by atoms with Crippen LogP contribution in [0, 0.1) is 5.92 Å². The molecule has 2 heterocycles. The summed E-state index contributed by atoms with van der Waals surface area (Å²) in [7, 11) is 3.04. The molecule has 58 heavy (non-hydrogen) atoms. The van der Waals surface area contributed by atoms with Crippen molar-refractivity contribution in [2.75, 3.05) is 27.3 Å². The molecule has 1 aliphatic rings. The van der Waals surface area contributed by atoms with Crippen LogP contribution in [0.1, 0.15) is 64.8 Å². The van der Waals surface area contributed by atoms with Gasteiger partial charge in [-0.2, -0.15) is 0 Å². The molecule has 6 N–H and O–H groups in total. The Morgan fingerprint density at radius 1 is 0.914 bits per heavy atom. The Hall–Kier alpha value is -4.62. The number of rotatable bonds is 20. The highest BCUT2D eigenvalue weighted by atomic mass is 16.6. The van der Waals surface area contributed by atoms with Crippen LogP contribution in [-0.2, 0) is 36.9 Å². The molecule has 0 bridgehead atoms. The second-order valence-electron chi connectivity index (χ2n) is 15.6. The van der Waals surface area contributed by atoms with Gasteiger partial charge in [-0.15, -0.1) is 0 Å². The van der Waals surface area contributed by atoms with Crippen molar-refractivity contribution in [2.45, 2.75) is 115 Å². The molecule has 2 aromatic carbocycles. The normalized spacial score (nSPS) is 20.3. The second kappa shape index (κ2) is 21.4. The Labute approximate surface area is 338 Å². The minimum absolute atomic E-state index is 0.0965. The summed E-state index contributed by atoms with van der Waals surface area (Å²) in [5, 5.41) is 43.0. The van der Waals surface area contributed by atoms with Crippen molar-refractivity contribution in [3.63, 3.8) is 0 Å². The van der Waals surface area contributed by atoms with E-state index in [0.29, 0.717) is 30.7 Å². The molecule has 1 saturated heterocycles. The predicted octanol–water partition coefficient (Wildman–Crippen LogP) is 1.64. The highest BCUT2D eigenvalue weighted by Crippen LogP contribution is 2.31. The van der Waals surface area contributed by atoms with Crippen LogP contribution in [0.2, 0.25) is 0 Å². The van der Waals surface area contributed by atoms with E-state index < -0.39 is 77.9 Å². The highest BCUT2D eigenvalue weighted by molar-refractivity contribution is 5.77. The van der Waals surface area contributed by atoms with Crippen molar-refractivity contribution >= 4 is 12.1 Å². The van der Waals surface area contributed by atoms with Gasteiger partial charge in [0.2, 0.25) is 0 Å². The molecule has 17 heteroatoms. The average molecular weight is 814 g/mol. The number of aliphatic hydroxyl groups is 3. The number of carbonyl (C=O) groups excluding carboxylic acids is 2. The van der Waals surface area contributed by atoms with Gasteiger partial charge in [0, 0.05) is 19.4 Å². The summed E-state index contributed by atoms with van der Waals surface area (Å²) in [5.74, 6) is -0.0264. The second-order valence-corrected chi connectivity index (χ2v) is 15.6. The maximum atomic E-state index is 13.6. The summed E-state index contributed by atoms with van der Waals surface area (Å²) < 4.78 is 29.7. The summed E-state index contributed by atoms with van der Waals surface area (Å²) in [4.78, 5) is 52.5. The third-order valence-electron chi connectivity index (χ3n) is 9.41. The maximum absolute atomic E-state index is 13.6. The number of hydrogen-bond donors (Lipinski definition) is 6. The van der Waals surface area contributed by atoms with Gasteiger partial charge in [-0.1, -0.05) is 56.3 Å². The first-order valence-corrected chi connectivity index (χ1v) is 19.4. The molecule has 320 valence electrons. The van der Waals surface area contributed by atoms with Crippen LogP contribution in [0.4, 0.5) is 4.79 Å². The number of carbonyl (C=O) groups is 2. The lowest BCUT2D eigenvalue weighted by molar-refractivity contribution is -0.166. The minimum atomic E-state index is -1.76. The van der Waals surface area contributed by atoms with E-state index in [1.54, 1.807) is 45.0 Å². The van der Waals surface area contributed by atoms with E-state index >= 15 is 0 Å². The van der Waals surface area contributed by atoms with Gasteiger partial charge in [0.25, 0.3) is 5.56 Å². The van der Waals surface area contributed by atoms with Crippen molar-refractivity contribution in [1.29, 1.82) is 0 Å². The van der Waals surface area contributed by atoms with E-state index in [4.69, 9.17) is 23.7 Å². The van der Waals surface area contributed by atoms with Gasteiger partial charge in [-0.05, 0) is 75.9 Å². The van der Waals surface area contributed by atoms with E-state index in [0.717, 1.165) is 27.0 Å². The Balaban J connectivity index is 1.41. The fourth-order valence-electron chi connectivity index (χ4n) is 6.54. The third-order valence-corrected chi connectivity index (χ3v) is 9.41. The fourth-order valence-corrected chi connectivity index (χ4v) is 6.54. The molecule has 1 aliphatic heterocycles. The highest BCUT2D eigenvalue weighted by Gasteiger charge is 2.50. The van der Waals surface area contributed by atoms with E-state index in [9.17, 15) is 34.5 Å². The predicted molar refractivity (Wildman–Crippen MR) is 213 cm³/mol. The molecule has 0 radical (unpaired) electrons. The van der Waals surface area contributed by atoms with Crippen LogP contribution in [0.15, 0.2) is 76.4 Å². The topological polar surface area (TPSA) is 221 Å². The Morgan fingerprint density at radius 3 is 2.21 bits per heavy atom.